The number of carbonyl (C=O) groups is 2. The van der Waals surface area contributed by atoms with E-state index in [2.05, 4.69) is 5.32 Å². The van der Waals surface area contributed by atoms with E-state index in [0.29, 0.717) is 6.42 Å². The molecule has 0 spiro atoms. The van der Waals surface area contributed by atoms with Crippen LogP contribution < -0.4 is 5.32 Å². The molecule has 0 unspecified atom stereocenters. The fourth-order valence-electron chi connectivity index (χ4n) is 1.18. The van der Waals surface area contributed by atoms with Crippen LogP contribution in [0.5, 0.6) is 0 Å². The molecule has 1 rings (SSSR count). The van der Waals surface area contributed by atoms with Crippen LogP contribution in [0.2, 0.25) is 0 Å². The maximum absolute atomic E-state index is 10.7. The fourth-order valence-corrected chi connectivity index (χ4v) is 1.18. The van der Waals surface area contributed by atoms with Gasteiger partial charge in [-0.05, 0) is 12.0 Å². The first-order chi connectivity index (χ1) is 8.00. The minimum atomic E-state index is -1.53. The predicted molar refractivity (Wildman–Crippen MR) is 57.4 cm³/mol. The lowest BCUT2D eigenvalue weighted by molar-refractivity contribution is -0.384. The maximum Gasteiger partial charge on any atom is 0.394 e. The lowest BCUT2D eigenvalue weighted by atomic mass is 10.1. The predicted octanol–water partition coefficient (Wildman–Crippen LogP) is 0.338. The van der Waals surface area contributed by atoms with Gasteiger partial charge in [0.2, 0.25) is 0 Å². The van der Waals surface area contributed by atoms with Gasteiger partial charge in [-0.1, -0.05) is 12.1 Å². The Morgan fingerprint density at radius 3 is 2.35 bits per heavy atom. The zero-order chi connectivity index (χ0) is 12.8. The van der Waals surface area contributed by atoms with Crippen LogP contribution in [0.25, 0.3) is 0 Å². The maximum atomic E-state index is 10.7. The number of hydrogen-bond acceptors (Lipinski definition) is 4. The van der Waals surface area contributed by atoms with Crippen LogP contribution >= 0.6 is 0 Å². The van der Waals surface area contributed by atoms with Crippen molar-refractivity contribution in [1.29, 1.82) is 0 Å². The first-order valence-corrected chi connectivity index (χ1v) is 4.75. The highest BCUT2D eigenvalue weighted by atomic mass is 16.6. The molecule has 90 valence electrons. The van der Waals surface area contributed by atoms with E-state index >= 15 is 0 Å². The third-order valence-corrected chi connectivity index (χ3v) is 2.04. The first-order valence-electron chi connectivity index (χ1n) is 4.75. The van der Waals surface area contributed by atoms with Crippen molar-refractivity contribution in [2.75, 3.05) is 6.54 Å². The van der Waals surface area contributed by atoms with Gasteiger partial charge in [-0.3, -0.25) is 14.9 Å². The van der Waals surface area contributed by atoms with Crippen LogP contribution in [0.3, 0.4) is 0 Å². The summed E-state index contributed by atoms with van der Waals surface area (Å²) in [4.78, 5) is 30.7. The Kier molecular flexibility index (Phi) is 4.15. The minimum Gasteiger partial charge on any atom is -0.474 e. The van der Waals surface area contributed by atoms with Gasteiger partial charge in [0.25, 0.3) is 5.69 Å². The fraction of sp³-hybridized carbons (Fsp3) is 0.200. The molecule has 0 atom stereocenters. The Labute approximate surface area is 96.2 Å². The van der Waals surface area contributed by atoms with E-state index in [-0.39, 0.29) is 12.2 Å². The lowest BCUT2D eigenvalue weighted by Crippen LogP contribution is -2.32. The molecular weight excluding hydrogens is 231 g/mol. The van der Waals surface area contributed by atoms with E-state index in [9.17, 15) is 19.7 Å². The van der Waals surface area contributed by atoms with Crippen molar-refractivity contribution in [2.45, 2.75) is 6.42 Å². The quantitative estimate of drug-likeness (QED) is 0.259. The van der Waals surface area contributed by atoms with Crippen LogP contribution in [-0.4, -0.2) is 28.5 Å². The number of carbonyl (C=O) groups excluding carboxylic acids is 1. The molecule has 0 aromatic heterocycles. The summed E-state index contributed by atoms with van der Waals surface area (Å²) in [5, 5.41) is 20.9. The number of hydrogen-bond donors (Lipinski definition) is 2. The number of rotatable bonds is 4. The molecule has 0 bridgehead atoms. The van der Waals surface area contributed by atoms with E-state index in [1.165, 1.54) is 12.1 Å². The molecule has 0 heterocycles. The van der Waals surface area contributed by atoms with E-state index < -0.39 is 16.8 Å². The molecule has 0 saturated carbocycles. The number of amides is 1. The second kappa shape index (κ2) is 5.59. The van der Waals surface area contributed by atoms with Crippen molar-refractivity contribution in [3.05, 3.63) is 39.9 Å². The van der Waals surface area contributed by atoms with E-state index in [1.54, 1.807) is 12.1 Å². The molecule has 0 aliphatic carbocycles. The van der Waals surface area contributed by atoms with Crippen LogP contribution in [0.1, 0.15) is 5.56 Å². The zero-order valence-electron chi connectivity index (χ0n) is 8.75. The van der Waals surface area contributed by atoms with Crippen molar-refractivity contribution in [1.82, 2.24) is 5.32 Å². The molecular formula is C10H10N2O5. The van der Waals surface area contributed by atoms with Crippen LogP contribution in [-0.2, 0) is 16.0 Å². The second-order valence-electron chi connectivity index (χ2n) is 3.23. The van der Waals surface area contributed by atoms with Crippen molar-refractivity contribution in [3.8, 4) is 0 Å². The lowest BCUT2D eigenvalue weighted by Gasteiger charge is -2.02. The first kappa shape index (κ1) is 12.6. The number of nitro groups is 1. The third-order valence-electron chi connectivity index (χ3n) is 2.04. The van der Waals surface area contributed by atoms with Crippen molar-refractivity contribution in [3.63, 3.8) is 0 Å². The van der Waals surface area contributed by atoms with Gasteiger partial charge in [-0.2, -0.15) is 0 Å². The highest BCUT2D eigenvalue weighted by molar-refractivity contribution is 6.31. The SMILES string of the molecule is O=[13C](O)[13C](=O)[15NH]CCc1ccc([N+](=O)[O-])cc1. The van der Waals surface area contributed by atoms with Gasteiger partial charge in [0.1, 0.15) is 0 Å². The van der Waals surface area contributed by atoms with Crippen molar-refractivity contribution >= 4 is 17.6 Å². The number of carboxylic acid groups (broad SMARTS) is 1. The average molecular weight is 241 g/mol. The number of nitrogens with one attached hydrogen (secondary N) is 1. The average Bonchev–Trinajstić information content (AvgIpc) is 2.29. The molecule has 17 heavy (non-hydrogen) atoms. The molecule has 7 heteroatoms. The minimum absolute atomic E-state index is 0.0108. The highest BCUT2D eigenvalue weighted by Crippen LogP contribution is 2.11. The smallest absolute Gasteiger partial charge is 0.394 e. The van der Waals surface area contributed by atoms with Gasteiger partial charge >= 0.3 is 11.9 Å². The van der Waals surface area contributed by atoms with Crippen molar-refractivity contribution in [2.24, 2.45) is 0 Å². The van der Waals surface area contributed by atoms with E-state index in [0.717, 1.165) is 5.56 Å². The molecule has 1 aromatic rings. The Morgan fingerprint density at radius 1 is 1.29 bits per heavy atom. The summed E-state index contributed by atoms with van der Waals surface area (Å²) in [7, 11) is 0. The molecule has 0 aliphatic heterocycles. The Balaban J connectivity index is 2.45. The molecule has 0 fully saturated rings. The van der Waals surface area contributed by atoms with Gasteiger partial charge in [-0.15, -0.1) is 0 Å². The standard InChI is InChI=1S/C10H10N2O5/c13-9(10(14)15)11-6-5-7-1-3-8(4-2-7)12(16)17/h1-4H,5-6H2,(H,11,13)(H,14,15)/i9+1,10+1,11+1. The Bertz CT molecular complexity index is 441. The van der Waals surface area contributed by atoms with Gasteiger partial charge in [0, 0.05) is 18.7 Å². The third kappa shape index (κ3) is 3.90. The van der Waals surface area contributed by atoms with E-state index in [1.807, 2.05) is 0 Å². The van der Waals surface area contributed by atoms with Crippen LogP contribution in [0, 0.1) is 10.1 Å². The second-order valence-corrected chi connectivity index (χ2v) is 3.23. The zero-order valence-corrected chi connectivity index (χ0v) is 8.75. The number of aliphatic carboxylic acids is 1. The number of nitrogens with zero attached hydrogens (tertiary/aromatic N) is 1. The summed E-state index contributed by atoms with van der Waals surface area (Å²) in [5.74, 6) is -2.60. The highest BCUT2D eigenvalue weighted by Gasteiger charge is 2.09. The van der Waals surface area contributed by atoms with Gasteiger partial charge in [0.15, 0.2) is 0 Å². The number of carboxylic acids is 1. The Morgan fingerprint density at radius 2 is 1.88 bits per heavy atom. The van der Waals surface area contributed by atoms with Gasteiger partial charge < -0.3 is 10.4 Å². The summed E-state index contributed by atoms with van der Waals surface area (Å²) in [6.45, 7) is 0.170. The molecule has 0 aliphatic rings. The molecule has 2 N–H and O–H groups in total. The molecule has 1 aromatic carbocycles. The monoisotopic (exact) mass is 241 g/mol. The molecule has 1 amide bonds. The Hall–Kier alpha value is -2.44. The summed E-state index contributed by atoms with van der Waals surface area (Å²) in [6, 6.07) is 5.83. The van der Waals surface area contributed by atoms with Crippen LogP contribution in [0.15, 0.2) is 24.3 Å². The summed E-state index contributed by atoms with van der Waals surface area (Å²) >= 11 is 0. The number of benzene rings is 1. The molecule has 0 saturated heterocycles. The number of non-ortho nitro benzene ring substituents is 1. The topological polar surface area (TPSA) is 110 Å². The van der Waals surface area contributed by atoms with E-state index in [4.69, 9.17) is 5.11 Å². The number of nitro benzene ring substituents is 1. The van der Waals surface area contributed by atoms with Gasteiger partial charge in [0.05, 0.1) is 4.92 Å². The largest absolute Gasteiger partial charge is 0.474 e. The van der Waals surface area contributed by atoms with Crippen molar-refractivity contribution < 1.29 is 19.6 Å². The summed E-state index contributed by atoms with van der Waals surface area (Å²) < 4.78 is 0. The molecule has 0 radical (unpaired) electrons. The summed E-state index contributed by atoms with van der Waals surface area (Å²) in [6.07, 6.45) is 0.414. The summed E-state index contributed by atoms with van der Waals surface area (Å²) in [5.41, 5.74) is 0.768. The van der Waals surface area contributed by atoms with Gasteiger partial charge in [-0.25, -0.2) is 4.79 Å². The normalized spacial score (nSPS) is 9.65. The van der Waals surface area contributed by atoms with Crippen LogP contribution in [0.4, 0.5) is 5.69 Å². The molecule has 7 nitrogen and oxygen atoms in total.